The molecule has 7 rings (SSSR count). The summed E-state index contributed by atoms with van der Waals surface area (Å²) in [5, 5.41) is 2.32. The summed E-state index contributed by atoms with van der Waals surface area (Å²) in [6.07, 6.45) is 0. The van der Waals surface area contributed by atoms with E-state index in [9.17, 15) is 0 Å². The zero-order valence-electron chi connectivity index (χ0n) is 27.6. The van der Waals surface area contributed by atoms with Crippen LogP contribution in [0.1, 0.15) is 52.7 Å². The topological polar surface area (TPSA) is 25.8 Å². The molecule has 226 valence electrons. The van der Waals surface area contributed by atoms with Gasteiger partial charge in [0.1, 0.15) is 0 Å². The third-order valence-electron chi connectivity index (χ3n) is 9.03. The predicted octanol–water partition coefficient (Wildman–Crippen LogP) is 12.0. The van der Waals surface area contributed by atoms with Crippen LogP contribution in [0.5, 0.6) is 0 Å². The second-order valence-corrected chi connectivity index (χ2v) is 14.4. The highest BCUT2D eigenvalue weighted by Crippen LogP contribution is 2.36. The molecule has 0 fully saturated rings. The van der Waals surface area contributed by atoms with Gasteiger partial charge in [-0.3, -0.25) is 0 Å². The first-order valence-corrected chi connectivity index (χ1v) is 16.2. The Balaban J connectivity index is 1.28. The number of nitrogens with zero attached hydrogens (tertiary/aromatic N) is 2. The molecule has 0 aliphatic rings. The van der Waals surface area contributed by atoms with E-state index < -0.39 is 0 Å². The van der Waals surface area contributed by atoms with Gasteiger partial charge in [-0.25, -0.2) is 9.97 Å². The van der Waals surface area contributed by atoms with E-state index in [1.807, 2.05) is 0 Å². The molecular formula is C44H40N2. The Morgan fingerprint density at radius 3 is 1.04 bits per heavy atom. The number of fused-ring (bicyclic) bond motifs is 2. The van der Waals surface area contributed by atoms with Crippen LogP contribution in [0.2, 0.25) is 0 Å². The largest absolute Gasteiger partial charge is 0.248 e. The van der Waals surface area contributed by atoms with Gasteiger partial charge in [-0.1, -0.05) is 151 Å². The SMILES string of the molecule is CC(C)(C)c1ccc(-c2cc(-c3ccc(-c4cc(-c5ccc(C(C)(C)C)cc5)c5ccccc5n4)cc3)nc3ccccc23)cc1. The molecule has 2 heteroatoms. The fourth-order valence-corrected chi connectivity index (χ4v) is 6.24. The van der Waals surface area contributed by atoms with E-state index in [2.05, 4.69) is 175 Å². The van der Waals surface area contributed by atoms with Crippen LogP contribution >= 0.6 is 0 Å². The molecule has 0 saturated carbocycles. The summed E-state index contributed by atoms with van der Waals surface area (Å²) < 4.78 is 0. The second kappa shape index (κ2) is 11.4. The molecule has 0 aliphatic carbocycles. The van der Waals surface area contributed by atoms with Crippen LogP contribution < -0.4 is 0 Å². The predicted molar refractivity (Wildman–Crippen MR) is 196 cm³/mol. The van der Waals surface area contributed by atoms with Gasteiger partial charge >= 0.3 is 0 Å². The molecule has 0 radical (unpaired) electrons. The van der Waals surface area contributed by atoms with Crippen molar-refractivity contribution in [3.63, 3.8) is 0 Å². The van der Waals surface area contributed by atoms with Gasteiger partial charge in [-0.2, -0.15) is 0 Å². The van der Waals surface area contributed by atoms with Crippen molar-refractivity contribution in [3.8, 4) is 44.8 Å². The van der Waals surface area contributed by atoms with E-state index in [0.717, 1.165) is 44.3 Å². The van der Waals surface area contributed by atoms with Gasteiger partial charge in [0.15, 0.2) is 0 Å². The van der Waals surface area contributed by atoms with Crippen LogP contribution in [0.25, 0.3) is 66.6 Å². The second-order valence-electron chi connectivity index (χ2n) is 14.4. The maximum Gasteiger partial charge on any atom is 0.0715 e. The van der Waals surface area contributed by atoms with E-state index in [4.69, 9.17) is 9.97 Å². The summed E-state index contributed by atoms with van der Waals surface area (Å²) in [4.78, 5) is 10.2. The summed E-state index contributed by atoms with van der Waals surface area (Å²) >= 11 is 0. The Hall–Kier alpha value is -5.08. The van der Waals surface area contributed by atoms with Gasteiger partial charge in [-0.15, -0.1) is 0 Å². The molecule has 0 amide bonds. The van der Waals surface area contributed by atoms with Gasteiger partial charge in [0.25, 0.3) is 0 Å². The fourth-order valence-electron chi connectivity index (χ4n) is 6.24. The highest BCUT2D eigenvalue weighted by atomic mass is 14.7. The lowest BCUT2D eigenvalue weighted by Crippen LogP contribution is -2.10. The van der Waals surface area contributed by atoms with Crippen LogP contribution in [-0.2, 0) is 10.8 Å². The molecule has 2 nitrogen and oxygen atoms in total. The van der Waals surface area contributed by atoms with Crippen molar-refractivity contribution in [2.24, 2.45) is 0 Å². The normalized spacial score (nSPS) is 12.1. The smallest absolute Gasteiger partial charge is 0.0715 e. The molecule has 46 heavy (non-hydrogen) atoms. The monoisotopic (exact) mass is 596 g/mol. The average Bonchev–Trinajstić information content (AvgIpc) is 3.07. The quantitative estimate of drug-likeness (QED) is 0.202. The van der Waals surface area contributed by atoms with Crippen molar-refractivity contribution in [3.05, 3.63) is 145 Å². The minimum atomic E-state index is 0.114. The lowest BCUT2D eigenvalue weighted by molar-refractivity contribution is 0.590. The molecule has 2 aromatic heterocycles. The highest BCUT2D eigenvalue weighted by Gasteiger charge is 2.17. The number of aromatic nitrogens is 2. The molecule has 2 heterocycles. The molecule has 7 aromatic rings. The van der Waals surface area contributed by atoms with Crippen molar-refractivity contribution in [1.29, 1.82) is 0 Å². The van der Waals surface area contributed by atoms with Crippen LogP contribution in [0.4, 0.5) is 0 Å². The molecule has 0 atom stereocenters. The van der Waals surface area contributed by atoms with E-state index in [1.165, 1.54) is 33.4 Å². The Morgan fingerprint density at radius 1 is 0.370 bits per heavy atom. The third kappa shape index (κ3) is 5.72. The van der Waals surface area contributed by atoms with Crippen LogP contribution in [0.3, 0.4) is 0 Å². The van der Waals surface area contributed by atoms with Crippen molar-refractivity contribution >= 4 is 21.8 Å². The molecule has 0 saturated heterocycles. The van der Waals surface area contributed by atoms with Crippen molar-refractivity contribution in [2.45, 2.75) is 52.4 Å². The minimum Gasteiger partial charge on any atom is -0.248 e. The molecule has 5 aromatic carbocycles. The fraction of sp³-hybridized carbons (Fsp3) is 0.182. The van der Waals surface area contributed by atoms with E-state index in [-0.39, 0.29) is 10.8 Å². The molecule has 0 N–H and O–H groups in total. The van der Waals surface area contributed by atoms with Crippen LogP contribution in [-0.4, -0.2) is 9.97 Å². The Morgan fingerprint density at radius 2 is 0.696 bits per heavy atom. The van der Waals surface area contributed by atoms with Gasteiger partial charge in [0.2, 0.25) is 0 Å². The summed E-state index contributed by atoms with van der Waals surface area (Å²) in [6, 6.07) is 48.0. The van der Waals surface area contributed by atoms with Gasteiger partial charge in [-0.05, 0) is 68.5 Å². The lowest BCUT2D eigenvalue weighted by atomic mass is 9.86. The zero-order valence-corrected chi connectivity index (χ0v) is 27.6. The number of hydrogen-bond acceptors (Lipinski definition) is 2. The maximum atomic E-state index is 5.09. The number of benzene rings is 5. The first-order chi connectivity index (χ1) is 22.0. The molecule has 0 unspecified atom stereocenters. The molecule has 0 bridgehead atoms. The van der Waals surface area contributed by atoms with Gasteiger partial charge in [0.05, 0.1) is 22.4 Å². The van der Waals surface area contributed by atoms with Crippen LogP contribution in [0, 0.1) is 0 Å². The number of pyridine rings is 2. The lowest BCUT2D eigenvalue weighted by Gasteiger charge is -2.19. The third-order valence-corrected chi connectivity index (χ3v) is 9.03. The van der Waals surface area contributed by atoms with Crippen LogP contribution in [0.15, 0.2) is 133 Å². The Kier molecular flexibility index (Phi) is 7.32. The molecular weight excluding hydrogens is 556 g/mol. The van der Waals surface area contributed by atoms with E-state index in [0.29, 0.717) is 0 Å². The summed E-state index contributed by atoms with van der Waals surface area (Å²) in [6.45, 7) is 13.5. The number of para-hydroxylation sites is 2. The molecule has 0 spiro atoms. The maximum absolute atomic E-state index is 5.09. The van der Waals surface area contributed by atoms with E-state index in [1.54, 1.807) is 0 Å². The summed E-state index contributed by atoms with van der Waals surface area (Å²) in [5.41, 5.74) is 13.8. The first kappa shape index (κ1) is 29.6. The zero-order chi connectivity index (χ0) is 32.1. The van der Waals surface area contributed by atoms with Crippen molar-refractivity contribution in [1.82, 2.24) is 9.97 Å². The van der Waals surface area contributed by atoms with Crippen molar-refractivity contribution < 1.29 is 0 Å². The Bertz CT molecular complexity index is 2020. The highest BCUT2D eigenvalue weighted by molar-refractivity contribution is 5.98. The van der Waals surface area contributed by atoms with E-state index >= 15 is 0 Å². The first-order valence-electron chi connectivity index (χ1n) is 16.2. The molecule has 0 aliphatic heterocycles. The van der Waals surface area contributed by atoms with Gasteiger partial charge < -0.3 is 0 Å². The Labute approximate surface area is 272 Å². The average molecular weight is 597 g/mol. The number of rotatable bonds is 4. The summed E-state index contributed by atoms with van der Waals surface area (Å²) in [7, 11) is 0. The van der Waals surface area contributed by atoms with Crippen molar-refractivity contribution in [2.75, 3.05) is 0 Å². The minimum absolute atomic E-state index is 0.114. The summed E-state index contributed by atoms with van der Waals surface area (Å²) in [5.74, 6) is 0. The van der Waals surface area contributed by atoms with Gasteiger partial charge in [0, 0.05) is 21.9 Å². The standard InChI is InChI=1S/C44H40N2/c1-43(2,3)33-23-19-29(20-24-33)37-27-41(45-39-13-9-7-11-35(37)39)31-15-17-32(18-16-31)42-28-38(36-12-8-10-14-40(36)46-42)30-21-25-34(26-22-30)44(4,5)6/h7-28H,1-6H3. The number of hydrogen-bond donors (Lipinski definition) is 0.